The number of hydrogen-bond acceptors (Lipinski definition) is 4. The molecule has 30 heavy (non-hydrogen) atoms. The van der Waals surface area contributed by atoms with Crippen LogP contribution in [0.5, 0.6) is 5.75 Å². The summed E-state index contributed by atoms with van der Waals surface area (Å²) < 4.78 is 0. The zero-order valence-electron chi connectivity index (χ0n) is 15.6. The first-order valence-corrected chi connectivity index (χ1v) is 10.5. The Balaban J connectivity index is 1.91. The molecule has 4 nitrogen and oxygen atoms in total. The molecule has 2 aromatic carbocycles. The van der Waals surface area contributed by atoms with Gasteiger partial charge in [0.15, 0.2) is 0 Å². The molecule has 0 aliphatic carbocycles. The predicted molar refractivity (Wildman–Crippen MR) is 124 cm³/mol. The number of aromatic hydroxyl groups is 1. The summed E-state index contributed by atoms with van der Waals surface area (Å²) in [6, 6.07) is 13.6. The minimum Gasteiger partial charge on any atom is -0.505 e. The van der Waals surface area contributed by atoms with Gasteiger partial charge in [0.1, 0.15) is 17.1 Å². The van der Waals surface area contributed by atoms with Gasteiger partial charge in [-0.2, -0.15) is 0 Å². The van der Waals surface area contributed by atoms with Gasteiger partial charge in [-0.15, -0.1) is 0 Å². The normalized spacial score (nSPS) is 12.2. The summed E-state index contributed by atoms with van der Waals surface area (Å²) in [6.45, 7) is 1.78. The van der Waals surface area contributed by atoms with Crippen molar-refractivity contribution in [2.75, 3.05) is 5.32 Å². The van der Waals surface area contributed by atoms with E-state index in [0.29, 0.717) is 48.2 Å². The van der Waals surface area contributed by atoms with E-state index in [4.69, 9.17) is 46.4 Å². The fourth-order valence-corrected chi connectivity index (χ4v) is 4.16. The zero-order valence-corrected chi connectivity index (χ0v) is 18.7. The number of benzene rings is 2. The van der Waals surface area contributed by atoms with Crippen LogP contribution < -0.4 is 5.32 Å². The Labute approximate surface area is 193 Å². The molecule has 0 bridgehead atoms. The molecule has 1 atom stereocenters. The summed E-state index contributed by atoms with van der Waals surface area (Å²) in [5.74, 6) is 0.452. The topological polar surface area (TPSA) is 58.0 Å². The first-order chi connectivity index (χ1) is 14.3. The molecule has 0 amide bonds. The maximum atomic E-state index is 11.0. The van der Waals surface area contributed by atoms with Crippen LogP contribution in [0.4, 0.5) is 5.82 Å². The summed E-state index contributed by atoms with van der Waals surface area (Å²) >= 11 is 25.1. The summed E-state index contributed by atoms with van der Waals surface area (Å²) in [6.07, 6.45) is 1.63. The monoisotopic (exact) mass is 477 g/mol. The fraction of sp³-hybridized carbons (Fsp3) is 0.0909. The lowest BCUT2D eigenvalue weighted by Gasteiger charge is -2.24. The quantitative estimate of drug-likeness (QED) is 0.319. The lowest BCUT2D eigenvalue weighted by molar-refractivity contribution is 0.471. The third kappa shape index (κ3) is 4.01. The molecule has 4 rings (SSSR count). The summed E-state index contributed by atoms with van der Waals surface area (Å²) in [5.41, 5.74) is 2.36. The molecule has 0 saturated heterocycles. The van der Waals surface area contributed by atoms with Crippen LogP contribution in [0.25, 0.3) is 10.9 Å². The van der Waals surface area contributed by atoms with Crippen LogP contribution in [-0.2, 0) is 0 Å². The third-order valence-electron chi connectivity index (χ3n) is 4.75. The number of aryl methyl sites for hydroxylation is 1. The Morgan fingerprint density at radius 1 is 0.900 bits per heavy atom. The number of anilines is 1. The number of fused-ring (bicyclic) bond motifs is 1. The molecule has 152 valence electrons. The fourth-order valence-electron chi connectivity index (χ4n) is 3.23. The smallest absolute Gasteiger partial charge is 0.147 e. The van der Waals surface area contributed by atoms with E-state index in [1.807, 2.05) is 24.3 Å². The van der Waals surface area contributed by atoms with Crippen molar-refractivity contribution in [3.63, 3.8) is 0 Å². The standard InChI is InChI=1S/C22H15Cl4N3O/c1-11-16(24)10-18(26)22(28-11)29-20(14-7-5-13(23)9-17(14)25)15-6-4-12-3-2-8-27-19(12)21(15)30/h2-10,20,30H,1H3,(H,28,29). The van der Waals surface area contributed by atoms with E-state index >= 15 is 0 Å². The number of phenols is 1. The highest BCUT2D eigenvalue weighted by atomic mass is 35.5. The number of hydrogen-bond donors (Lipinski definition) is 2. The number of pyridine rings is 2. The lowest BCUT2D eigenvalue weighted by atomic mass is 9.96. The molecule has 2 heterocycles. The van der Waals surface area contributed by atoms with Crippen molar-refractivity contribution in [1.82, 2.24) is 9.97 Å². The molecule has 1 unspecified atom stereocenters. The van der Waals surface area contributed by atoms with E-state index in [2.05, 4.69) is 15.3 Å². The molecular weight excluding hydrogens is 464 g/mol. The van der Waals surface area contributed by atoms with E-state index in [1.54, 1.807) is 37.4 Å². The van der Waals surface area contributed by atoms with Gasteiger partial charge in [-0.3, -0.25) is 4.98 Å². The second-order valence-electron chi connectivity index (χ2n) is 6.71. The van der Waals surface area contributed by atoms with Gasteiger partial charge < -0.3 is 10.4 Å². The Kier molecular flexibility index (Phi) is 5.94. The molecule has 2 N–H and O–H groups in total. The Hall–Kier alpha value is -2.24. The first-order valence-electron chi connectivity index (χ1n) is 8.96. The van der Waals surface area contributed by atoms with Gasteiger partial charge in [0.2, 0.25) is 0 Å². The van der Waals surface area contributed by atoms with E-state index in [9.17, 15) is 5.11 Å². The molecule has 0 fully saturated rings. The number of phenolic OH excluding ortho intramolecular Hbond substituents is 1. The van der Waals surface area contributed by atoms with E-state index in [0.717, 1.165) is 5.39 Å². The number of nitrogens with zero attached hydrogens (tertiary/aromatic N) is 2. The molecule has 2 aromatic heterocycles. The van der Waals surface area contributed by atoms with E-state index < -0.39 is 6.04 Å². The van der Waals surface area contributed by atoms with Crippen LogP contribution in [0.1, 0.15) is 22.9 Å². The van der Waals surface area contributed by atoms with Crippen molar-refractivity contribution in [1.29, 1.82) is 0 Å². The Morgan fingerprint density at radius 3 is 2.43 bits per heavy atom. The van der Waals surface area contributed by atoms with Crippen LogP contribution in [0.3, 0.4) is 0 Å². The van der Waals surface area contributed by atoms with Gasteiger partial charge in [-0.1, -0.05) is 70.7 Å². The number of aromatic nitrogens is 2. The van der Waals surface area contributed by atoms with E-state index in [1.165, 1.54) is 0 Å². The van der Waals surface area contributed by atoms with Crippen molar-refractivity contribution in [3.05, 3.63) is 91.6 Å². The maximum Gasteiger partial charge on any atom is 0.147 e. The van der Waals surface area contributed by atoms with Gasteiger partial charge in [0.05, 0.1) is 21.8 Å². The molecular formula is C22H15Cl4N3O. The SMILES string of the molecule is Cc1nc(NC(c2ccc(Cl)cc2Cl)c2ccc3cccnc3c2O)c(Cl)cc1Cl. The highest BCUT2D eigenvalue weighted by Gasteiger charge is 2.24. The van der Waals surface area contributed by atoms with Gasteiger partial charge in [-0.25, -0.2) is 4.98 Å². The van der Waals surface area contributed by atoms with Crippen molar-refractivity contribution < 1.29 is 5.11 Å². The number of halogens is 4. The van der Waals surface area contributed by atoms with Crippen LogP contribution >= 0.6 is 46.4 Å². The molecule has 0 aliphatic rings. The largest absolute Gasteiger partial charge is 0.505 e. The highest BCUT2D eigenvalue weighted by Crippen LogP contribution is 2.40. The van der Waals surface area contributed by atoms with Crippen LogP contribution in [0.2, 0.25) is 20.1 Å². The second kappa shape index (κ2) is 8.48. The van der Waals surface area contributed by atoms with Crippen LogP contribution in [0, 0.1) is 6.92 Å². The van der Waals surface area contributed by atoms with Gasteiger partial charge in [0, 0.05) is 27.2 Å². The molecule has 8 heteroatoms. The maximum absolute atomic E-state index is 11.0. The minimum atomic E-state index is -0.577. The summed E-state index contributed by atoms with van der Waals surface area (Å²) in [4.78, 5) is 8.77. The molecule has 0 spiro atoms. The average Bonchev–Trinajstić information content (AvgIpc) is 2.71. The molecule has 0 radical (unpaired) electrons. The number of rotatable bonds is 4. The average molecular weight is 479 g/mol. The van der Waals surface area contributed by atoms with Gasteiger partial charge >= 0.3 is 0 Å². The van der Waals surface area contributed by atoms with Crippen molar-refractivity contribution in [2.45, 2.75) is 13.0 Å². The lowest BCUT2D eigenvalue weighted by Crippen LogP contribution is -2.15. The molecule has 0 saturated carbocycles. The van der Waals surface area contributed by atoms with E-state index in [-0.39, 0.29) is 5.75 Å². The van der Waals surface area contributed by atoms with Crippen LogP contribution in [-0.4, -0.2) is 15.1 Å². The summed E-state index contributed by atoms with van der Waals surface area (Å²) in [7, 11) is 0. The highest BCUT2D eigenvalue weighted by molar-refractivity contribution is 6.36. The molecule has 0 aliphatic heterocycles. The van der Waals surface area contributed by atoms with Crippen molar-refractivity contribution in [2.24, 2.45) is 0 Å². The van der Waals surface area contributed by atoms with Crippen LogP contribution in [0.15, 0.2) is 54.7 Å². The molecule has 4 aromatic rings. The van der Waals surface area contributed by atoms with Gasteiger partial charge in [-0.05, 0) is 36.8 Å². The minimum absolute atomic E-state index is 0.0402. The van der Waals surface area contributed by atoms with Gasteiger partial charge in [0.25, 0.3) is 0 Å². The number of nitrogens with one attached hydrogen (secondary N) is 1. The first kappa shape index (κ1) is 21.0. The predicted octanol–water partition coefficient (Wildman–Crippen LogP) is 7.46. The summed E-state index contributed by atoms with van der Waals surface area (Å²) in [5, 5.41) is 16.9. The van der Waals surface area contributed by atoms with Crippen molar-refractivity contribution in [3.8, 4) is 5.75 Å². The second-order valence-corrected chi connectivity index (χ2v) is 8.37. The Bertz CT molecular complexity index is 1260. The zero-order chi connectivity index (χ0) is 21.4. The Morgan fingerprint density at radius 2 is 1.67 bits per heavy atom. The van der Waals surface area contributed by atoms with Crippen molar-refractivity contribution >= 4 is 63.1 Å². The third-order valence-corrected chi connectivity index (χ3v) is 5.98.